The second kappa shape index (κ2) is 2.75. The maximum atomic E-state index is 9.63. The van der Waals surface area contributed by atoms with Crippen LogP contribution in [0.3, 0.4) is 0 Å². The van der Waals surface area contributed by atoms with Gasteiger partial charge in [0.2, 0.25) is 0 Å². The van der Waals surface area contributed by atoms with Crippen molar-refractivity contribution in [2.24, 2.45) is 0 Å². The molecule has 2 N–H and O–H groups in total. The van der Waals surface area contributed by atoms with Crippen molar-refractivity contribution in [3.8, 4) is 0 Å². The molecule has 1 aliphatic rings. The van der Waals surface area contributed by atoms with Crippen LogP contribution in [0.1, 0.15) is 12.5 Å². The molecule has 0 saturated carbocycles. The molecular weight excluding hydrogens is 170 g/mol. The number of fused-ring (bicyclic) bond motifs is 1. The average molecular weight is 179 g/mol. The van der Waals surface area contributed by atoms with Crippen LogP contribution in [-0.2, 0) is 0 Å². The van der Waals surface area contributed by atoms with Crippen molar-refractivity contribution in [1.29, 1.82) is 0 Å². The van der Waals surface area contributed by atoms with Gasteiger partial charge in [-0.15, -0.1) is 0 Å². The zero-order valence-corrected chi connectivity index (χ0v) is 7.48. The Bertz CT molecular complexity index is 346. The van der Waals surface area contributed by atoms with Gasteiger partial charge in [0, 0.05) is 10.5 Å². The second-order valence-corrected chi connectivity index (χ2v) is 3.52. The quantitative estimate of drug-likeness (QED) is 0.600. The van der Waals surface area contributed by atoms with E-state index in [1.807, 2.05) is 31.2 Å². The first-order chi connectivity index (χ1) is 5.79. The predicted molar refractivity (Wildman–Crippen MR) is 50.7 cm³/mol. The Morgan fingerprint density at radius 3 is 2.92 bits per heavy atom. The van der Waals surface area contributed by atoms with Crippen molar-refractivity contribution in [3.63, 3.8) is 0 Å². The SMILES string of the molecule is CC1=C(O)c2ccccc2SN1. The molecule has 0 fully saturated rings. The molecule has 0 aliphatic carbocycles. The van der Waals surface area contributed by atoms with Crippen LogP contribution >= 0.6 is 11.9 Å². The van der Waals surface area contributed by atoms with Gasteiger partial charge < -0.3 is 9.83 Å². The minimum absolute atomic E-state index is 0.351. The Balaban J connectivity index is 2.59. The molecule has 0 unspecified atom stereocenters. The lowest BCUT2D eigenvalue weighted by Gasteiger charge is -2.17. The van der Waals surface area contributed by atoms with Gasteiger partial charge in [0.05, 0.1) is 5.70 Å². The molecule has 12 heavy (non-hydrogen) atoms. The highest BCUT2D eigenvalue weighted by Gasteiger charge is 2.14. The van der Waals surface area contributed by atoms with E-state index in [4.69, 9.17) is 0 Å². The van der Waals surface area contributed by atoms with E-state index in [2.05, 4.69) is 4.72 Å². The van der Waals surface area contributed by atoms with E-state index in [1.54, 1.807) is 0 Å². The molecule has 62 valence electrons. The van der Waals surface area contributed by atoms with Gasteiger partial charge in [-0.3, -0.25) is 0 Å². The fourth-order valence-electron chi connectivity index (χ4n) is 1.13. The van der Waals surface area contributed by atoms with Crippen molar-refractivity contribution < 1.29 is 5.11 Å². The standard InChI is InChI=1S/C9H9NOS/c1-6-9(11)7-4-2-3-5-8(7)12-10-6/h2-5,10-11H,1H3. The summed E-state index contributed by atoms with van der Waals surface area (Å²) in [5.41, 5.74) is 1.73. The Kier molecular flexibility index (Phi) is 1.73. The molecule has 2 nitrogen and oxygen atoms in total. The average Bonchev–Trinajstić information content (AvgIpc) is 2.12. The molecule has 0 spiro atoms. The van der Waals surface area contributed by atoms with Crippen molar-refractivity contribution in [2.75, 3.05) is 0 Å². The lowest BCUT2D eigenvalue weighted by Crippen LogP contribution is -2.09. The fraction of sp³-hybridized carbons (Fsp3) is 0.111. The van der Waals surface area contributed by atoms with Crippen molar-refractivity contribution in [3.05, 3.63) is 35.5 Å². The zero-order chi connectivity index (χ0) is 8.55. The highest BCUT2D eigenvalue weighted by atomic mass is 32.2. The third kappa shape index (κ3) is 1.06. The molecule has 0 saturated heterocycles. The number of rotatable bonds is 0. The van der Waals surface area contributed by atoms with E-state index in [1.165, 1.54) is 11.9 Å². The Morgan fingerprint density at radius 2 is 2.08 bits per heavy atom. The van der Waals surface area contributed by atoms with Gasteiger partial charge in [0.15, 0.2) is 0 Å². The first kappa shape index (κ1) is 7.55. The minimum Gasteiger partial charge on any atom is -0.505 e. The number of hydrogen-bond acceptors (Lipinski definition) is 3. The van der Waals surface area contributed by atoms with Crippen LogP contribution in [0.15, 0.2) is 34.9 Å². The third-order valence-corrected chi connectivity index (χ3v) is 2.80. The summed E-state index contributed by atoms with van der Waals surface area (Å²) in [7, 11) is 0. The van der Waals surface area contributed by atoms with Crippen LogP contribution in [0.2, 0.25) is 0 Å². The van der Waals surface area contributed by atoms with Gasteiger partial charge >= 0.3 is 0 Å². The molecule has 3 heteroatoms. The summed E-state index contributed by atoms with van der Waals surface area (Å²) >= 11 is 1.53. The number of benzene rings is 1. The summed E-state index contributed by atoms with van der Waals surface area (Å²) in [6, 6.07) is 7.79. The van der Waals surface area contributed by atoms with E-state index in [-0.39, 0.29) is 0 Å². The topological polar surface area (TPSA) is 32.3 Å². The molecule has 1 aromatic carbocycles. The molecule has 0 atom stereocenters. The zero-order valence-electron chi connectivity index (χ0n) is 6.66. The summed E-state index contributed by atoms with van der Waals surface area (Å²) in [6.07, 6.45) is 0. The molecule has 1 heterocycles. The summed E-state index contributed by atoms with van der Waals surface area (Å²) in [5.74, 6) is 0.351. The number of aliphatic hydroxyl groups excluding tert-OH is 1. The number of nitrogens with one attached hydrogen (secondary N) is 1. The maximum absolute atomic E-state index is 9.63. The van der Waals surface area contributed by atoms with E-state index in [0.717, 1.165) is 16.2 Å². The lowest BCUT2D eigenvalue weighted by molar-refractivity contribution is 0.501. The van der Waals surface area contributed by atoms with Crippen molar-refractivity contribution >= 4 is 17.7 Å². The van der Waals surface area contributed by atoms with E-state index in [9.17, 15) is 5.11 Å². The van der Waals surface area contributed by atoms with E-state index >= 15 is 0 Å². The van der Waals surface area contributed by atoms with E-state index < -0.39 is 0 Å². The molecular formula is C9H9NOS. The number of aliphatic hydroxyl groups is 1. The minimum atomic E-state index is 0.351. The Morgan fingerprint density at radius 1 is 1.33 bits per heavy atom. The van der Waals surface area contributed by atoms with Gasteiger partial charge in [-0.2, -0.15) is 0 Å². The normalized spacial score (nSPS) is 15.4. The third-order valence-electron chi connectivity index (χ3n) is 1.81. The van der Waals surface area contributed by atoms with Crippen LogP contribution in [-0.4, -0.2) is 5.11 Å². The second-order valence-electron chi connectivity index (χ2n) is 2.67. The van der Waals surface area contributed by atoms with Crippen molar-refractivity contribution in [1.82, 2.24) is 4.72 Å². The van der Waals surface area contributed by atoms with Gasteiger partial charge in [0.1, 0.15) is 5.76 Å². The molecule has 1 aliphatic heterocycles. The van der Waals surface area contributed by atoms with Crippen LogP contribution in [0.5, 0.6) is 0 Å². The molecule has 2 rings (SSSR count). The highest BCUT2D eigenvalue weighted by molar-refractivity contribution is 7.97. The predicted octanol–water partition coefficient (Wildman–Crippen LogP) is 2.54. The fourth-order valence-corrected chi connectivity index (χ4v) is 1.91. The van der Waals surface area contributed by atoms with Crippen molar-refractivity contribution in [2.45, 2.75) is 11.8 Å². The highest BCUT2D eigenvalue weighted by Crippen LogP contribution is 2.31. The summed E-state index contributed by atoms with van der Waals surface area (Å²) in [4.78, 5) is 1.07. The van der Waals surface area contributed by atoms with Gasteiger partial charge in [-0.25, -0.2) is 0 Å². The first-order valence-corrected chi connectivity index (χ1v) is 4.53. The van der Waals surface area contributed by atoms with Crippen LogP contribution in [0.4, 0.5) is 0 Å². The van der Waals surface area contributed by atoms with Gasteiger partial charge in [-0.05, 0) is 31.0 Å². The molecule has 0 bridgehead atoms. The van der Waals surface area contributed by atoms with Gasteiger partial charge in [-0.1, -0.05) is 12.1 Å². The molecule has 0 radical (unpaired) electrons. The summed E-state index contributed by atoms with van der Waals surface area (Å²) in [6.45, 7) is 1.86. The van der Waals surface area contributed by atoms with Crippen LogP contribution in [0, 0.1) is 0 Å². The largest absolute Gasteiger partial charge is 0.505 e. The lowest BCUT2D eigenvalue weighted by atomic mass is 10.1. The monoisotopic (exact) mass is 179 g/mol. The van der Waals surface area contributed by atoms with E-state index in [0.29, 0.717) is 5.76 Å². The molecule has 0 aromatic heterocycles. The summed E-state index contributed by atoms with van der Waals surface area (Å²) < 4.78 is 3.03. The molecule has 0 amide bonds. The van der Waals surface area contributed by atoms with Gasteiger partial charge in [0.25, 0.3) is 0 Å². The first-order valence-electron chi connectivity index (χ1n) is 3.71. The van der Waals surface area contributed by atoms with Crippen LogP contribution in [0.25, 0.3) is 5.76 Å². The maximum Gasteiger partial charge on any atom is 0.143 e. The smallest absolute Gasteiger partial charge is 0.143 e. The number of allylic oxidation sites excluding steroid dienone is 1. The Hall–Kier alpha value is -1.09. The Labute approximate surface area is 75.4 Å². The van der Waals surface area contributed by atoms with Crippen LogP contribution < -0.4 is 4.72 Å². The number of hydrogen-bond donors (Lipinski definition) is 2. The summed E-state index contributed by atoms with van der Waals surface area (Å²) in [5, 5.41) is 9.63. The molecule has 1 aromatic rings.